The van der Waals surface area contributed by atoms with Gasteiger partial charge in [-0.15, -0.1) is 0 Å². The van der Waals surface area contributed by atoms with Crippen LogP contribution in [0, 0.1) is 5.82 Å². The average molecular weight is 346 g/mol. The van der Waals surface area contributed by atoms with Gasteiger partial charge in [0.1, 0.15) is 11.9 Å². The third-order valence-electron chi connectivity index (χ3n) is 3.77. The van der Waals surface area contributed by atoms with Crippen LogP contribution in [0.5, 0.6) is 0 Å². The second-order valence-electron chi connectivity index (χ2n) is 5.37. The van der Waals surface area contributed by atoms with E-state index in [-0.39, 0.29) is 12.0 Å². The Morgan fingerprint density at radius 1 is 1.20 bits per heavy atom. The topological polar surface area (TPSA) is 78.9 Å². The Labute approximate surface area is 144 Å². The Kier molecular flexibility index (Phi) is 6.08. The van der Waals surface area contributed by atoms with Crippen LogP contribution in [0.15, 0.2) is 48.5 Å². The number of carbonyl (C=O) groups is 2. The molecule has 0 aliphatic rings. The summed E-state index contributed by atoms with van der Waals surface area (Å²) in [6.45, 7) is 0. The van der Waals surface area contributed by atoms with Gasteiger partial charge in [0.15, 0.2) is 0 Å². The van der Waals surface area contributed by atoms with E-state index in [0.717, 1.165) is 5.06 Å². The number of hydroxylamine groups is 2. The van der Waals surface area contributed by atoms with Gasteiger partial charge in [0.2, 0.25) is 0 Å². The number of carboxylic acid groups (broad SMARTS) is 1. The van der Waals surface area contributed by atoms with E-state index in [9.17, 15) is 14.0 Å². The highest BCUT2D eigenvalue weighted by atomic mass is 19.1. The highest BCUT2D eigenvalue weighted by molar-refractivity contribution is 5.84. The molecule has 0 heterocycles. The quantitative estimate of drug-likeness (QED) is 0.788. The maximum Gasteiger partial charge on any atom is 0.405 e. The van der Waals surface area contributed by atoms with E-state index in [1.807, 2.05) is 6.07 Å². The molecule has 0 saturated carbocycles. The molecule has 0 radical (unpaired) electrons. The number of halogens is 1. The second kappa shape index (κ2) is 8.25. The zero-order valence-corrected chi connectivity index (χ0v) is 13.9. The molecule has 2 aromatic carbocycles. The normalized spacial score (nSPS) is 11.6. The molecular weight excluding hydrogens is 327 g/mol. The van der Waals surface area contributed by atoms with Crippen molar-refractivity contribution >= 4 is 12.0 Å². The van der Waals surface area contributed by atoms with Crippen molar-refractivity contribution in [3.05, 3.63) is 59.9 Å². The minimum atomic E-state index is -1.37. The number of benzene rings is 2. The van der Waals surface area contributed by atoms with E-state index < -0.39 is 23.9 Å². The van der Waals surface area contributed by atoms with Gasteiger partial charge < -0.3 is 10.4 Å². The minimum absolute atomic E-state index is 0.134. The van der Waals surface area contributed by atoms with Gasteiger partial charge in [-0.25, -0.2) is 14.2 Å². The summed E-state index contributed by atoms with van der Waals surface area (Å²) in [5.41, 5.74) is 1.32. The van der Waals surface area contributed by atoms with Gasteiger partial charge in [-0.1, -0.05) is 48.5 Å². The summed E-state index contributed by atoms with van der Waals surface area (Å²) >= 11 is 0. The molecule has 0 saturated heterocycles. The van der Waals surface area contributed by atoms with Crippen molar-refractivity contribution in [1.82, 2.24) is 10.4 Å². The summed E-state index contributed by atoms with van der Waals surface area (Å²) in [4.78, 5) is 28.0. The minimum Gasteiger partial charge on any atom is -0.465 e. The summed E-state index contributed by atoms with van der Waals surface area (Å²) in [6.07, 6.45) is -1.51. The molecule has 0 fully saturated rings. The molecule has 2 N–H and O–H groups in total. The number of hydrogen-bond acceptors (Lipinski definition) is 3. The first-order valence-electron chi connectivity index (χ1n) is 7.58. The second-order valence-corrected chi connectivity index (χ2v) is 5.37. The van der Waals surface area contributed by atoms with Crippen LogP contribution in [0.3, 0.4) is 0 Å². The fraction of sp³-hybridized carbons (Fsp3) is 0.222. The maximum atomic E-state index is 14.9. The fourth-order valence-electron chi connectivity index (χ4n) is 2.46. The van der Waals surface area contributed by atoms with Gasteiger partial charge in [0, 0.05) is 19.0 Å². The summed E-state index contributed by atoms with van der Waals surface area (Å²) < 4.78 is 14.9. The summed E-state index contributed by atoms with van der Waals surface area (Å²) in [7, 11) is 2.64. The van der Waals surface area contributed by atoms with Crippen LogP contribution in [0.4, 0.5) is 9.18 Å². The SMILES string of the molecule is CON(C)C(=O)C(Cc1cccc(-c2ccccc2)c1F)NC(=O)O. The predicted molar refractivity (Wildman–Crippen MR) is 90.3 cm³/mol. The monoisotopic (exact) mass is 346 g/mol. The Bertz CT molecular complexity index is 752. The van der Waals surface area contributed by atoms with Gasteiger partial charge in [-0.3, -0.25) is 9.63 Å². The van der Waals surface area contributed by atoms with Crippen LogP contribution in [-0.4, -0.2) is 42.4 Å². The molecule has 25 heavy (non-hydrogen) atoms. The van der Waals surface area contributed by atoms with Crippen molar-refractivity contribution in [2.24, 2.45) is 0 Å². The van der Waals surface area contributed by atoms with E-state index in [2.05, 4.69) is 5.32 Å². The smallest absolute Gasteiger partial charge is 0.405 e. The zero-order chi connectivity index (χ0) is 18.4. The largest absolute Gasteiger partial charge is 0.465 e. The molecule has 7 heteroatoms. The molecule has 0 bridgehead atoms. The maximum absolute atomic E-state index is 14.9. The third-order valence-corrected chi connectivity index (χ3v) is 3.77. The van der Waals surface area contributed by atoms with Gasteiger partial charge in [-0.05, 0) is 11.1 Å². The average Bonchev–Trinajstić information content (AvgIpc) is 2.61. The van der Waals surface area contributed by atoms with Crippen LogP contribution in [0.2, 0.25) is 0 Å². The summed E-state index contributed by atoms with van der Waals surface area (Å²) in [5, 5.41) is 12.0. The number of likely N-dealkylation sites (N-methyl/N-ethyl adjacent to an activating group) is 1. The molecule has 2 aromatic rings. The van der Waals surface area contributed by atoms with Crippen LogP contribution in [-0.2, 0) is 16.1 Å². The lowest BCUT2D eigenvalue weighted by molar-refractivity contribution is -0.170. The van der Waals surface area contributed by atoms with Crippen molar-refractivity contribution in [2.45, 2.75) is 12.5 Å². The van der Waals surface area contributed by atoms with Crippen molar-refractivity contribution < 1.29 is 23.9 Å². The van der Waals surface area contributed by atoms with Gasteiger partial charge >= 0.3 is 6.09 Å². The molecule has 132 valence electrons. The molecular formula is C18H19FN2O4. The van der Waals surface area contributed by atoms with Gasteiger partial charge in [-0.2, -0.15) is 0 Å². The highest BCUT2D eigenvalue weighted by Gasteiger charge is 2.26. The predicted octanol–water partition coefficient (Wildman–Crippen LogP) is 2.69. The lowest BCUT2D eigenvalue weighted by atomic mass is 9.98. The summed E-state index contributed by atoms with van der Waals surface area (Å²) in [5.74, 6) is -1.10. The number of amides is 2. The van der Waals surface area contributed by atoms with E-state index in [1.54, 1.807) is 36.4 Å². The van der Waals surface area contributed by atoms with Crippen molar-refractivity contribution in [3.8, 4) is 11.1 Å². The lowest BCUT2D eigenvalue weighted by Crippen LogP contribution is -2.48. The standard InChI is InChI=1S/C18H19FN2O4/c1-21(25-2)17(22)15(20-18(23)24)11-13-9-6-10-14(16(13)19)12-7-4-3-5-8-12/h3-10,15,20H,11H2,1-2H3,(H,23,24). The molecule has 0 aliphatic heterocycles. The van der Waals surface area contributed by atoms with Crippen molar-refractivity contribution in [3.63, 3.8) is 0 Å². The van der Waals surface area contributed by atoms with Crippen LogP contribution in [0.1, 0.15) is 5.56 Å². The molecule has 1 atom stereocenters. The Morgan fingerprint density at radius 2 is 1.88 bits per heavy atom. The van der Waals surface area contributed by atoms with E-state index in [1.165, 1.54) is 20.2 Å². The van der Waals surface area contributed by atoms with Crippen molar-refractivity contribution in [2.75, 3.05) is 14.2 Å². The lowest BCUT2D eigenvalue weighted by Gasteiger charge is -2.22. The van der Waals surface area contributed by atoms with E-state index in [0.29, 0.717) is 11.1 Å². The molecule has 2 amide bonds. The molecule has 2 rings (SSSR count). The molecule has 0 spiro atoms. The van der Waals surface area contributed by atoms with Gasteiger partial charge in [0.25, 0.3) is 5.91 Å². The van der Waals surface area contributed by atoms with Crippen LogP contribution < -0.4 is 5.32 Å². The number of nitrogens with one attached hydrogen (secondary N) is 1. The first kappa shape index (κ1) is 18.4. The Balaban J connectivity index is 2.33. The first-order chi connectivity index (χ1) is 11.9. The van der Waals surface area contributed by atoms with E-state index in [4.69, 9.17) is 9.94 Å². The molecule has 0 aromatic heterocycles. The fourth-order valence-corrected chi connectivity index (χ4v) is 2.46. The Morgan fingerprint density at radius 3 is 2.48 bits per heavy atom. The van der Waals surface area contributed by atoms with Crippen LogP contribution >= 0.6 is 0 Å². The number of nitrogens with zero attached hydrogens (tertiary/aromatic N) is 1. The number of hydrogen-bond donors (Lipinski definition) is 2. The number of rotatable bonds is 6. The molecule has 1 unspecified atom stereocenters. The first-order valence-corrected chi connectivity index (χ1v) is 7.58. The Hall–Kier alpha value is -2.93. The van der Waals surface area contributed by atoms with Crippen LogP contribution in [0.25, 0.3) is 11.1 Å². The zero-order valence-electron chi connectivity index (χ0n) is 13.9. The van der Waals surface area contributed by atoms with E-state index >= 15 is 0 Å². The van der Waals surface area contributed by atoms with Crippen molar-refractivity contribution in [1.29, 1.82) is 0 Å². The third kappa shape index (κ3) is 4.54. The molecule has 6 nitrogen and oxygen atoms in total. The summed E-state index contributed by atoms with van der Waals surface area (Å²) in [6, 6.07) is 12.6. The molecule has 0 aliphatic carbocycles. The number of carbonyl (C=O) groups excluding carboxylic acids is 1. The van der Waals surface area contributed by atoms with Gasteiger partial charge in [0.05, 0.1) is 7.11 Å². The highest BCUT2D eigenvalue weighted by Crippen LogP contribution is 2.25.